The third-order valence-corrected chi connectivity index (χ3v) is 5.82. The average Bonchev–Trinajstić information content (AvgIpc) is 3.22. The second kappa shape index (κ2) is 9.77. The highest BCUT2D eigenvalue weighted by Gasteiger charge is 2.15. The fraction of sp³-hybridized carbons (Fsp3) is 0.318. The normalized spacial score (nSPS) is 14.0. The molecule has 156 valence electrons. The van der Waals surface area contributed by atoms with Crippen molar-refractivity contribution >= 4 is 29.0 Å². The monoisotopic (exact) mass is 423 g/mol. The average molecular weight is 424 g/mol. The van der Waals surface area contributed by atoms with Gasteiger partial charge in [0.05, 0.1) is 19.0 Å². The summed E-state index contributed by atoms with van der Waals surface area (Å²) in [4.78, 5) is 14.8. The van der Waals surface area contributed by atoms with Gasteiger partial charge in [0.2, 0.25) is 5.91 Å². The van der Waals surface area contributed by atoms with Gasteiger partial charge in [-0.05, 0) is 36.4 Å². The molecule has 1 aromatic heterocycles. The summed E-state index contributed by atoms with van der Waals surface area (Å²) in [7, 11) is 0. The fourth-order valence-corrected chi connectivity index (χ4v) is 4.13. The summed E-state index contributed by atoms with van der Waals surface area (Å²) in [6, 6.07) is 17.9. The van der Waals surface area contributed by atoms with Gasteiger partial charge in [-0.25, -0.2) is 0 Å². The summed E-state index contributed by atoms with van der Waals surface area (Å²) < 4.78 is 7.40. The zero-order valence-corrected chi connectivity index (χ0v) is 17.8. The van der Waals surface area contributed by atoms with Crippen LogP contribution in [0.25, 0.3) is 5.69 Å². The van der Waals surface area contributed by atoms with Gasteiger partial charge in [-0.3, -0.25) is 9.36 Å². The molecule has 1 aliphatic heterocycles. The molecule has 4 rings (SSSR count). The largest absolute Gasteiger partial charge is 0.378 e. The molecular weight excluding hydrogens is 398 g/mol. The lowest BCUT2D eigenvalue weighted by Gasteiger charge is -2.28. The Labute approximate surface area is 180 Å². The quantitative estimate of drug-likeness (QED) is 0.588. The van der Waals surface area contributed by atoms with Crippen LogP contribution in [0.15, 0.2) is 59.8 Å². The second-order valence-electron chi connectivity index (χ2n) is 6.91. The molecule has 1 amide bonds. The highest BCUT2D eigenvalue weighted by molar-refractivity contribution is 7.99. The SMILES string of the molecule is CCc1nnc(SCC(=O)Nc2ccc(N3CCOCC3)cc2)n1-c1ccccc1. The van der Waals surface area contributed by atoms with E-state index in [4.69, 9.17) is 4.74 Å². The number of aryl methyl sites for hydroxylation is 1. The first-order valence-corrected chi connectivity index (χ1v) is 11.1. The zero-order chi connectivity index (χ0) is 20.8. The number of morpholine rings is 1. The van der Waals surface area contributed by atoms with E-state index in [0.29, 0.717) is 0 Å². The van der Waals surface area contributed by atoms with E-state index >= 15 is 0 Å². The fourth-order valence-electron chi connectivity index (χ4n) is 3.36. The molecule has 0 spiro atoms. The van der Waals surface area contributed by atoms with Crippen molar-refractivity contribution in [1.82, 2.24) is 14.8 Å². The first-order valence-electron chi connectivity index (χ1n) is 10.1. The topological polar surface area (TPSA) is 72.3 Å². The zero-order valence-electron chi connectivity index (χ0n) is 17.0. The first-order chi connectivity index (χ1) is 14.7. The van der Waals surface area contributed by atoms with Crippen LogP contribution in [0.5, 0.6) is 0 Å². The van der Waals surface area contributed by atoms with Gasteiger partial charge >= 0.3 is 0 Å². The van der Waals surface area contributed by atoms with Gasteiger partial charge in [-0.15, -0.1) is 10.2 Å². The summed E-state index contributed by atoms with van der Waals surface area (Å²) >= 11 is 1.39. The van der Waals surface area contributed by atoms with Crippen molar-refractivity contribution in [3.63, 3.8) is 0 Å². The maximum atomic E-state index is 12.5. The number of thioether (sulfide) groups is 1. The number of anilines is 2. The van der Waals surface area contributed by atoms with E-state index in [9.17, 15) is 4.79 Å². The van der Waals surface area contributed by atoms with Gasteiger partial charge in [-0.2, -0.15) is 0 Å². The number of hydrogen-bond donors (Lipinski definition) is 1. The molecule has 1 saturated heterocycles. The maximum absolute atomic E-state index is 12.5. The molecule has 1 fully saturated rings. The minimum atomic E-state index is -0.0696. The molecule has 1 aliphatic rings. The van der Waals surface area contributed by atoms with E-state index < -0.39 is 0 Å². The number of rotatable bonds is 7. The summed E-state index contributed by atoms with van der Waals surface area (Å²) in [6.45, 7) is 5.34. The van der Waals surface area contributed by atoms with E-state index in [1.54, 1.807) is 0 Å². The van der Waals surface area contributed by atoms with Gasteiger partial charge in [0.1, 0.15) is 5.82 Å². The van der Waals surface area contributed by atoms with E-state index in [-0.39, 0.29) is 11.7 Å². The molecule has 0 radical (unpaired) electrons. The lowest BCUT2D eigenvalue weighted by Crippen LogP contribution is -2.36. The van der Waals surface area contributed by atoms with Crippen molar-refractivity contribution in [3.8, 4) is 5.69 Å². The number of para-hydroxylation sites is 1. The number of carbonyl (C=O) groups is 1. The van der Waals surface area contributed by atoms with Gasteiger partial charge in [0.15, 0.2) is 5.16 Å². The lowest BCUT2D eigenvalue weighted by atomic mass is 10.2. The number of aromatic nitrogens is 3. The van der Waals surface area contributed by atoms with Gasteiger partial charge in [0, 0.05) is 36.6 Å². The molecule has 0 saturated carbocycles. The van der Waals surface area contributed by atoms with E-state index in [0.717, 1.165) is 60.8 Å². The van der Waals surface area contributed by atoms with E-state index in [2.05, 4.69) is 20.4 Å². The molecule has 0 aliphatic carbocycles. The Morgan fingerprint density at radius 2 is 1.77 bits per heavy atom. The van der Waals surface area contributed by atoms with Crippen molar-refractivity contribution in [2.24, 2.45) is 0 Å². The summed E-state index contributed by atoms with van der Waals surface area (Å²) in [5.41, 5.74) is 2.94. The van der Waals surface area contributed by atoms with Crippen molar-refractivity contribution < 1.29 is 9.53 Å². The molecule has 3 aromatic rings. The van der Waals surface area contributed by atoms with Gasteiger partial charge in [-0.1, -0.05) is 36.9 Å². The number of nitrogens with zero attached hydrogens (tertiary/aromatic N) is 4. The van der Waals surface area contributed by atoms with Crippen LogP contribution in [0.4, 0.5) is 11.4 Å². The minimum Gasteiger partial charge on any atom is -0.378 e. The molecule has 1 N–H and O–H groups in total. The maximum Gasteiger partial charge on any atom is 0.234 e. The second-order valence-corrected chi connectivity index (χ2v) is 7.85. The molecule has 8 heteroatoms. The Morgan fingerprint density at radius 1 is 1.03 bits per heavy atom. The predicted octanol–water partition coefficient (Wildman–Crippen LogP) is 3.40. The Kier molecular flexibility index (Phi) is 6.66. The number of nitrogens with one attached hydrogen (secondary N) is 1. The van der Waals surface area contributed by atoms with Crippen molar-refractivity contribution in [2.45, 2.75) is 18.5 Å². The van der Waals surface area contributed by atoms with E-state index in [1.807, 2.05) is 66.1 Å². The molecule has 0 atom stereocenters. The smallest absolute Gasteiger partial charge is 0.234 e. The van der Waals surface area contributed by atoms with Gasteiger partial charge < -0.3 is 15.0 Å². The Balaban J connectivity index is 1.37. The number of ether oxygens (including phenoxy) is 1. The predicted molar refractivity (Wildman–Crippen MR) is 120 cm³/mol. The summed E-state index contributed by atoms with van der Waals surface area (Å²) in [5.74, 6) is 1.07. The molecule has 2 heterocycles. The van der Waals surface area contributed by atoms with Crippen LogP contribution >= 0.6 is 11.8 Å². The Morgan fingerprint density at radius 3 is 2.47 bits per heavy atom. The lowest BCUT2D eigenvalue weighted by molar-refractivity contribution is -0.113. The van der Waals surface area contributed by atoms with Crippen LogP contribution in [0.1, 0.15) is 12.7 Å². The van der Waals surface area contributed by atoms with Gasteiger partial charge in [0.25, 0.3) is 0 Å². The van der Waals surface area contributed by atoms with Crippen molar-refractivity contribution in [1.29, 1.82) is 0 Å². The number of amides is 1. The molecule has 0 unspecified atom stereocenters. The van der Waals surface area contributed by atoms with Crippen LogP contribution in [-0.2, 0) is 16.0 Å². The van der Waals surface area contributed by atoms with Crippen LogP contribution in [0.2, 0.25) is 0 Å². The first kappa shape index (κ1) is 20.4. The molecular formula is C22H25N5O2S. The van der Waals surface area contributed by atoms with E-state index in [1.165, 1.54) is 11.8 Å². The van der Waals surface area contributed by atoms with Crippen molar-refractivity contribution in [2.75, 3.05) is 42.3 Å². The highest BCUT2D eigenvalue weighted by Crippen LogP contribution is 2.23. The standard InChI is InChI=1S/C22H25N5O2S/c1-2-20-24-25-22(27(20)19-6-4-3-5-7-19)30-16-21(28)23-17-8-10-18(11-9-17)26-12-14-29-15-13-26/h3-11H,2,12-16H2,1H3,(H,23,28). The molecule has 7 nitrogen and oxygen atoms in total. The minimum absolute atomic E-state index is 0.0696. The Hall–Kier alpha value is -2.84. The number of hydrogen-bond acceptors (Lipinski definition) is 6. The van der Waals surface area contributed by atoms with Crippen LogP contribution in [0, 0.1) is 0 Å². The van der Waals surface area contributed by atoms with Crippen LogP contribution < -0.4 is 10.2 Å². The third kappa shape index (κ3) is 4.83. The Bertz CT molecular complexity index is 969. The third-order valence-electron chi connectivity index (χ3n) is 4.89. The van der Waals surface area contributed by atoms with Crippen LogP contribution in [0.3, 0.4) is 0 Å². The van der Waals surface area contributed by atoms with Crippen LogP contribution in [-0.4, -0.2) is 52.7 Å². The molecule has 0 bridgehead atoms. The number of benzene rings is 2. The summed E-state index contributed by atoms with van der Waals surface area (Å²) in [6.07, 6.45) is 0.768. The number of carbonyl (C=O) groups excluding carboxylic acids is 1. The molecule has 30 heavy (non-hydrogen) atoms. The highest BCUT2D eigenvalue weighted by atomic mass is 32.2. The van der Waals surface area contributed by atoms with Crippen molar-refractivity contribution in [3.05, 3.63) is 60.4 Å². The molecule has 2 aromatic carbocycles. The summed E-state index contributed by atoms with van der Waals surface area (Å²) in [5, 5.41) is 12.2.